The summed E-state index contributed by atoms with van der Waals surface area (Å²) in [5, 5.41) is 3.24. The monoisotopic (exact) mass is 367 g/mol. The topological polar surface area (TPSA) is 64.6 Å². The van der Waals surface area contributed by atoms with Gasteiger partial charge in [-0.3, -0.25) is 4.79 Å². The molecule has 1 amide bonds. The number of nitrogens with one attached hydrogen (secondary N) is 1. The van der Waals surface area contributed by atoms with E-state index in [0.29, 0.717) is 17.3 Å². The van der Waals surface area contributed by atoms with Crippen LogP contribution in [0.1, 0.15) is 15.9 Å². The smallest absolute Gasteiger partial charge is 0.340 e. The maximum Gasteiger partial charge on any atom is 0.340 e. The van der Waals surface area contributed by atoms with Gasteiger partial charge in [0.05, 0.1) is 17.7 Å². The fourth-order valence-corrected chi connectivity index (χ4v) is 2.38. The minimum Gasteiger partial charge on any atom is -0.497 e. The summed E-state index contributed by atoms with van der Waals surface area (Å²) in [5.74, 6) is -0.407. The number of ether oxygens (including phenoxy) is 2. The standard InChI is InChI=1S/C17H15Cl2NO4/c1-23-13-4-2-3-11(7-13)9-20-16(21)10-24-17(22)14-6-5-12(18)8-15(14)19/h2-8H,9-10H2,1H3,(H,20,21). The van der Waals surface area contributed by atoms with Gasteiger partial charge in [-0.25, -0.2) is 4.79 Å². The molecular weight excluding hydrogens is 353 g/mol. The first-order valence-electron chi connectivity index (χ1n) is 7.01. The summed E-state index contributed by atoms with van der Waals surface area (Å²) in [7, 11) is 1.57. The molecule has 0 unspecified atom stereocenters. The third-order valence-corrected chi connectivity index (χ3v) is 3.66. The number of hydrogen-bond acceptors (Lipinski definition) is 4. The molecule has 0 atom stereocenters. The molecule has 0 saturated heterocycles. The average Bonchev–Trinajstić information content (AvgIpc) is 2.58. The molecule has 0 radical (unpaired) electrons. The molecule has 0 aliphatic heterocycles. The highest BCUT2D eigenvalue weighted by molar-refractivity contribution is 6.36. The van der Waals surface area contributed by atoms with E-state index in [1.165, 1.54) is 18.2 Å². The molecule has 2 aromatic rings. The van der Waals surface area contributed by atoms with Gasteiger partial charge in [0, 0.05) is 11.6 Å². The molecule has 24 heavy (non-hydrogen) atoms. The molecule has 7 heteroatoms. The second-order valence-corrected chi connectivity index (χ2v) is 5.67. The third kappa shape index (κ3) is 5.15. The summed E-state index contributed by atoms with van der Waals surface area (Å²) < 4.78 is 10.0. The third-order valence-electron chi connectivity index (χ3n) is 3.11. The molecule has 0 spiro atoms. The molecule has 0 aliphatic rings. The minimum atomic E-state index is -0.687. The van der Waals surface area contributed by atoms with Crippen LogP contribution in [-0.4, -0.2) is 25.6 Å². The highest BCUT2D eigenvalue weighted by Gasteiger charge is 2.14. The molecule has 5 nitrogen and oxygen atoms in total. The molecule has 126 valence electrons. The second-order valence-electron chi connectivity index (χ2n) is 4.83. The van der Waals surface area contributed by atoms with Crippen molar-refractivity contribution in [3.63, 3.8) is 0 Å². The lowest BCUT2D eigenvalue weighted by atomic mass is 10.2. The summed E-state index contributed by atoms with van der Waals surface area (Å²) in [5.41, 5.74) is 1.02. The van der Waals surface area contributed by atoms with Crippen molar-refractivity contribution >= 4 is 35.1 Å². The van der Waals surface area contributed by atoms with Gasteiger partial charge in [-0.1, -0.05) is 35.3 Å². The number of carbonyl (C=O) groups excluding carboxylic acids is 2. The Hall–Kier alpha value is -2.24. The molecular formula is C17H15Cl2NO4. The van der Waals surface area contributed by atoms with Gasteiger partial charge in [-0.2, -0.15) is 0 Å². The van der Waals surface area contributed by atoms with Crippen molar-refractivity contribution in [2.75, 3.05) is 13.7 Å². The highest BCUT2D eigenvalue weighted by atomic mass is 35.5. The number of amides is 1. The Balaban J connectivity index is 1.83. The summed E-state index contributed by atoms with van der Waals surface area (Å²) >= 11 is 11.7. The summed E-state index contributed by atoms with van der Waals surface area (Å²) in [6.45, 7) is -0.100. The predicted octanol–water partition coefficient (Wildman–Crippen LogP) is 3.48. The van der Waals surface area contributed by atoms with Gasteiger partial charge in [0.15, 0.2) is 6.61 Å². The van der Waals surface area contributed by atoms with Crippen molar-refractivity contribution in [2.24, 2.45) is 0 Å². The van der Waals surface area contributed by atoms with Crippen LogP contribution in [-0.2, 0) is 16.1 Å². The maximum absolute atomic E-state index is 11.9. The van der Waals surface area contributed by atoms with Crippen molar-refractivity contribution in [3.8, 4) is 5.75 Å². The van der Waals surface area contributed by atoms with Crippen LogP contribution in [0, 0.1) is 0 Å². The van der Waals surface area contributed by atoms with Crippen LogP contribution in [0.2, 0.25) is 10.0 Å². The fraction of sp³-hybridized carbons (Fsp3) is 0.176. The molecule has 2 rings (SSSR count). The number of halogens is 2. The second kappa shape index (κ2) is 8.57. The zero-order chi connectivity index (χ0) is 17.5. The number of esters is 1. The van der Waals surface area contributed by atoms with E-state index in [1.54, 1.807) is 13.2 Å². The molecule has 2 aromatic carbocycles. The first-order chi connectivity index (χ1) is 11.5. The highest BCUT2D eigenvalue weighted by Crippen LogP contribution is 2.21. The number of methoxy groups -OCH3 is 1. The molecule has 0 bridgehead atoms. The Labute approximate surface area is 149 Å². The fourth-order valence-electron chi connectivity index (χ4n) is 1.90. The quantitative estimate of drug-likeness (QED) is 0.793. The van der Waals surface area contributed by atoms with E-state index in [1.807, 2.05) is 18.2 Å². The van der Waals surface area contributed by atoms with Crippen molar-refractivity contribution < 1.29 is 19.1 Å². The Kier molecular flexibility index (Phi) is 6.46. The maximum atomic E-state index is 11.9. The Bertz CT molecular complexity index is 749. The van der Waals surface area contributed by atoms with E-state index >= 15 is 0 Å². The molecule has 0 fully saturated rings. The molecule has 1 N–H and O–H groups in total. The molecule has 0 heterocycles. The van der Waals surface area contributed by atoms with Crippen molar-refractivity contribution in [3.05, 3.63) is 63.6 Å². The summed E-state index contributed by atoms with van der Waals surface area (Å²) in [6.07, 6.45) is 0. The zero-order valence-electron chi connectivity index (χ0n) is 12.8. The number of hydrogen-bond donors (Lipinski definition) is 1. The molecule has 0 saturated carbocycles. The number of benzene rings is 2. The predicted molar refractivity (Wildman–Crippen MR) is 91.6 cm³/mol. The number of rotatable bonds is 6. The van der Waals surface area contributed by atoms with E-state index in [-0.39, 0.29) is 10.6 Å². The minimum absolute atomic E-state index is 0.154. The van der Waals surface area contributed by atoms with Gasteiger partial charge in [-0.15, -0.1) is 0 Å². The number of carbonyl (C=O) groups is 2. The van der Waals surface area contributed by atoms with Gasteiger partial charge in [0.25, 0.3) is 5.91 Å². The van der Waals surface area contributed by atoms with Crippen LogP contribution in [0.5, 0.6) is 5.75 Å². The van der Waals surface area contributed by atoms with Crippen LogP contribution in [0.25, 0.3) is 0 Å². The largest absolute Gasteiger partial charge is 0.497 e. The Morgan fingerprint density at radius 2 is 1.92 bits per heavy atom. The lowest BCUT2D eigenvalue weighted by molar-refractivity contribution is -0.124. The Morgan fingerprint density at radius 3 is 2.62 bits per heavy atom. The molecule has 0 aliphatic carbocycles. The van der Waals surface area contributed by atoms with Crippen LogP contribution < -0.4 is 10.1 Å². The van der Waals surface area contributed by atoms with Gasteiger partial charge >= 0.3 is 5.97 Å². The molecule has 0 aromatic heterocycles. The van der Waals surface area contributed by atoms with E-state index in [2.05, 4.69) is 5.32 Å². The van der Waals surface area contributed by atoms with Crippen LogP contribution in [0.3, 0.4) is 0 Å². The van der Waals surface area contributed by atoms with Gasteiger partial charge in [0.1, 0.15) is 5.75 Å². The van der Waals surface area contributed by atoms with Crippen LogP contribution in [0.15, 0.2) is 42.5 Å². The van der Waals surface area contributed by atoms with E-state index in [0.717, 1.165) is 5.56 Å². The summed E-state index contributed by atoms with van der Waals surface area (Å²) in [4.78, 5) is 23.7. The van der Waals surface area contributed by atoms with Crippen molar-refractivity contribution in [1.29, 1.82) is 0 Å². The first kappa shape index (κ1) is 18.1. The van der Waals surface area contributed by atoms with Crippen molar-refractivity contribution in [2.45, 2.75) is 6.54 Å². The van der Waals surface area contributed by atoms with E-state index in [4.69, 9.17) is 32.7 Å². The Morgan fingerprint density at radius 1 is 1.12 bits per heavy atom. The first-order valence-corrected chi connectivity index (χ1v) is 7.77. The van der Waals surface area contributed by atoms with E-state index < -0.39 is 18.5 Å². The van der Waals surface area contributed by atoms with Crippen molar-refractivity contribution in [1.82, 2.24) is 5.32 Å². The average molecular weight is 368 g/mol. The van der Waals surface area contributed by atoms with E-state index in [9.17, 15) is 9.59 Å². The van der Waals surface area contributed by atoms with Gasteiger partial charge in [0.2, 0.25) is 0 Å². The zero-order valence-corrected chi connectivity index (χ0v) is 14.4. The van der Waals surface area contributed by atoms with Crippen LogP contribution in [0.4, 0.5) is 0 Å². The summed E-state index contributed by atoms with van der Waals surface area (Å²) in [6, 6.07) is 11.7. The lowest BCUT2D eigenvalue weighted by Gasteiger charge is -2.08. The SMILES string of the molecule is COc1cccc(CNC(=O)COC(=O)c2ccc(Cl)cc2Cl)c1. The van der Waals surface area contributed by atoms with Gasteiger partial charge in [-0.05, 0) is 35.9 Å². The lowest BCUT2D eigenvalue weighted by Crippen LogP contribution is -2.28. The van der Waals surface area contributed by atoms with Crippen LogP contribution >= 0.6 is 23.2 Å². The van der Waals surface area contributed by atoms with Gasteiger partial charge < -0.3 is 14.8 Å². The normalized spacial score (nSPS) is 10.1.